The highest BCUT2D eigenvalue weighted by molar-refractivity contribution is 5.86. The Labute approximate surface area is 193 Å². The van der Waals surface area contributed by atoms with Crippen LogP contribution in [0, 0.1) is 5.92 Å². The number of alkyl carbamates (subject to hydrolysis) is 1. The highest BCUT2D eigenvalue weighted by Crippen LogP contribution is 2.44. The summed E-state index contributed by atoms with van der Waals surface area (Å²) in [4.78, 5) is 36.3. The summed E-state index contributed by atoms with van der Waals surface area (Å²) in [6.07, 6.45) is 3.12. The van der Waals surface area contributed by atoms with Crippen LogP contribution in [0.1, 0.15) is 56.1 Å². The van der Waals surface area contributed by atoms with E-state index in [4.69, 9.17) is 4.74 Å². The molecule has 2 aliphatic rings. The molecule has 33 heavy (non-hydrogen) atoms. The quantitative estimate of drug-likeness (QED) is 0.563. The van der Waals surface area contributed by atoms with E-state index in [0.717, 1.165) is 47.9 Å². The Morgan fingerprint density at radius 1 is 0.970 bits per heavy atom. The number of carbonyl (C=O) groups excluding carboxylic acids is 2. The third-order valence-electron chi connectivity index (χ3n) is 6.76. The topological polar surface area (TPSA) is 105 Å². The summed E-state index contributed by atoms with van der Waals surface area (Å²) in [5.74, 6) is -1.24. The van der Waals surface area contributed by atoms with Crippen LogP contribution in [0.5, 0.6) is 0 Å². The SMILES string of the molecule is C[C@@H](NC(=O)OCC1c2ccccc2-c2ccccc21)C(=O)NC(CC(=O)O)C1CCCC1. The third kappa shape index (κ3) is 5.18. The maximum atomic E-state index is 12.6. The number of hydrogen-bond donors (Lipinski definition) is 3. The zero-order chi connectivity index (χ0) is 23.4. The molecule has 0 radical (unpaired) electrons. The van der Waals surface area contributed by atoms with E-state index < -0.39 is 30.1 Å². The molecule has 0 aromatic heterocycles. The fraction of sp³-hybridized carbons (Fsp3) is 0.423. The van der Waals surface area contributed by atoms with E-state index in [1.807, 2.05) is 36.4 Å². The molecule has 1 unspecified atom stereocenters. The molecule has 0 spiro atoms. The Hall–Kier alpha value is -3.35. The highest BCUT2D eigenvalue weighted by atomic mass is 16.5. The molecule has 3 N–H and O–H groups in total. The number of rotatable bonds is 8. The number of aliphatic carboxylic acids is 1. The van der Waals surface area contributed by atoms with Gasteiger partial charge in [-0.05, 0) is 47.9 Å². The molecule has 0 heterocycles. The maximum absolute atomic E-state index is 12.6. The summed E-state index contributed by atoms with van der Waals surface area (Å²) in [6.45, 7) is 1.74. The molecule has 7 heteroatoms. The standard InChI is InChI=1S/C26H30N2O5/c1-16(25(31)28-23(14-24(29)30)17-8-2-3-9-17)27-26(32)33-15-22-20-12-6-4-10-18(20)19-11-5-7-13-21(19)22/h4-7,10-13,16-17,22-23H,2-3,8-9,14-15H2,1H3,(H,27,32)(H,28,31)(H,29,30)/t16-,23?/m1/s1. The van der Waals surface area contributed by atoms with Crippen molar-refractivity contribution in [2.75, 3.05) is 6.61 Å². The van der Waals surface area contributed by atoms with Crippen molar-refractivity contribution in [2.24, 2.45) is 5.92 Å². The van der Waals surface area contributed by atoms with Crippen molar-refractivity contribution >= 4 is 18.0 Å². The molecule has 0 bridgehead atoms. The molecule has 2 amide bonds. The maximum Gasteiger partial charge on any atom is 0.407 e. The van der Waals surface area contributed by atoms with Crippen molar-refractivity contribution in [3.05, 3.63) is 59.7 Å². The molecule has 2 atom stereocenters. The molecular formula is C26H30N2O5. The fourth-order valence-corrected chi connectivity index (χ4v) is 5.07. The van der Waals surface area contributed by atoms with Crippen LogP contribution in [-0.2, 0) is 14.3 Å². The van der Waals surface area contributed by atoms with Gasteiger partial charge in [-0.1, -0.05) is 61.4 Å². The lowest BCUT2D eigenvalue weighted by molar-refractivity contribution is -0.138. The normalized spacial score (nSPS) is 17.0. The van der Waals surface area contributed by atoms with Gasteiger partial charge in [0.15, 0.2) is 0 Å². The van der Waals surface area contributed by atoms with Crippen molar-refractivity contribution in [1.82, 2.24) is 10.6 Å². The van der Waals surface area contributed by atoms with Crippen LogP contribution in [0.4, 0.5) is 4.79 Å². The Morgan fingerprint density at radius 3 is 2.12 bits per heavy atom. The number of carboxylic acid groups (broad SMARTS) is 1. The van der Waals surface area contributed by atoms with Crippen LogP contribution in [0.2, 0.25) is 0 Å². The minimum atomic E-state index is -0.940. The molecule has 4 rings (SSSR count). The van der Waals surface area contributed by atoms with Gasteiger partial charge >= 0.3 is 12.1 Å². The molecule has 2 aliphatic carbocycles. The number of fused-ring (bicyclic) bond motifs is 3. The van der Waals surface area contributed by atoms with Crippen LogP contribution in [-0.4, -0.2) is 41.8 Å². The van der Waals surface area contributed by atoms with Gasteiger partial charge in [0.1, 0.15) is 12.6 Å². The highest BCUT2D eigenvalue weighted by Gasteiger charge is 2.31. The second kappa shape index (κ2) is 10.1. The van der Waals surface area contributed by atoms with Gasteiger partial charge in [0, 0.05) is 12.0 Å². The van der Waals surface area contributed by atoms with Gasteiger partial charge in [-0.2, -0.15) is 0 Å². The summed E-state index contributed by atoms with van der Waals surface area (Å²) >= 11 is 0. The number of nitrogens with one attached hydrogen (secondary N) is 2. The van der Waals surface area contributed by atoms with Crippen molar-refractivity contribution in [2.45, 2.75) is 57.0 Å². The van der Waals surface area contributed by atoms with Gasteiger partial charge in [-0.15, -0.1) is 0 Å². The summed E-state index contributed by atoms with van der Waals surface area (Å²) < 4.78 is 5.51. The van der Waals surface area contributed by atoms with Gasteiger partial charge < -0.3 is 20.5 Å². The number of hydrogen-bond acceptors (Lipinski definition) is 4. The van der Waals surface area contributed by atoms with Gasteiger partial charge in [-0.25, -0.2) is 4.79 Å². The van der Waals surface area contributed by atoms with E-state index in [2.05, 4.69) is 22.8 Å². The van der Waals surface area contributed by atoms with E-state index in [-0.39, 0.29) is 24.9 Å². The summed E-state index contributed by atoms with van der Waals surface area (Å²) in [5.41, 5.74) is 4.52. The number of amides is 2. The molecule has 2 aromatic rings. The van der Waals surface area contributed by atoms with Gasteiger partial charge in [0.25, 0.3) is 0 Å². The molecule has 0 saturated heterocycles. The fourth-order valence-electron chi connectivity index (χ4n) is 5.07. The molecular weight excluding hydrogens is 420 g/mol. The zero-order valence-corrected chi connectivity index (χ0v) is 18.8. The zero-order valence-electron chi connectivity index (χ0n) is 18.8. The first-order valence-corrected chi connectivity index (χ1v) is 11.6. The van der Waals surface area contributed by atoms with Crippen molar-refractivity contribution in [1.29, 1.82) is 0 Å². The first-order chi connectivity index (χ1) is 15.9. The average Bonchev–Trinajstić information content (AvgIpc) is 3.44. The van der Waals surface area contributed by atoms with Crippen LogP contribution >= 0.6 is 0 Å². The molecule has 1 fully saturated rings. The predicted molar refractivity (Wildman–Crippen MR) is 124 cm³/mol. The summed E-state index contributed by atoms with van der Waals surface area (Å²) in [7, 11) is 0. The van der Waals surface area contributed by atoms with Gasteiger partial charge in [0.05, 0.1) is 6.42 Å². The van der Waals surface area contributed by atoms with Crippen LogP contribution in [0.3, 0.4) is 0 Å². The molecule has 0 aliphatic heterocycles. The lowest BCUT2D eigenvalue weighted by atomic mass is 9.95. The Bertz CT molecular complexity index is 985. The minimum absolute atomic E-state index is 0.0606. The van der Waals surface area contributed by atoms with Crippen molar-refractivity contribution in [3.8, 4) is 11.1 Å². The second-order valence-electron chi connectivity index (χ2n) is 8.95. The smallest absolute Gasteiger partial charge is 0.407 e. The van der Waals surface area contributed by atoms with E-state index >= 15 is 0 Å². The number of carboxylic acids is 1. The summed E-state index contributed by atoms with van der Waals surface area (Å²) in [5, 5.41) is 14.6. The van der Waals surface area contributed by atoms with Crippen molar-refractivity contribution in [3.63, 3.8) is 0 Å². The molecule has 2 aromatic carbocycles. The monoisotopic (exact) mass is 450 g/mol. The second-order valence-corrected chi connectivity index (χ2v) is 8.95. The van der Waals surface area contributed by atoms with Crippen LogP contribution in [0.25, 0.3) is 11.1 Å². The Morgan fingerprint density at radius 2 is 1.55 bits per heavy atom. The molecule has 1 saturated carbocycles. The van der Waals surface area contributed by atoms with E-state index in [0.29, 0.717) is 0 Å². The largest absolute Gasteiger partial charge is 0.481 e. The van der Waals surface area contributed by atoms with Crippen molar-refractivity contribution < 1.29 is 24.2 Å². The third-order valence-corrected chi connectivity index (χ3v) is 6.76. The van der Waals surface area contributed by atoms with Gasteiger partial charge in [0.2, 0.25) is 5.91 Å². The Kier molecular flexibility index (Phi) is 6.96. The Balaban J connectivity index is 1.33. The first-order valence-electron chi connectivity index (χ1n) is 11.6. The number of ether oxygens (including phenoxy) is 1. The van der Waals surface area contributed by atoms with Crippen LogP contribution in [0.15, 0.2) is 48.5 Å². The molecule has 7 nitrogen and oxygen atoms in total. The van der Waals surface area contributed by atoms with Gasteiger partial charge in [-0.3, -0.25) is 9.59 Å². The molecule has 174 valence electrons. The minimum Gasteiger partial charge on any atom is -0.481 e. The lowest BCUT2D eigenvalue weighted by Gasteiger charge is -2.25. The average molecular weight is 451 g/mol. The predicted octanol–water partition coefficient (Wildman–Crippen LogP) is 4.06. The first kappa shape index (κ1) is 22.8. The van der Waals surface area contributed by atoms with E-state index in [1.54, 1.807) is 6.92 Å². The number of carbonyl (C=O) groups is 3. The van der Waals surface area contributed by atoms with E-state index in [9.17, 15) is 19.5 Å². The lowest BCUT2D eigenvalue weighted by Crippen LogP contribution is -2.50. The van der Waals surface area contributed by atoms with E-state index in [1.165, 1.54) is 0 Å². The summed E-state index contributed by atoms with van der Waals surface area (Å²) in [6, 6.07) is 14.9. The number of benzene rings is 2. The van der Waals surface area contributed by atoms with Crippen LogP contribution < -0.4 is 10.6 Å².